The molecule has 0 amide bonds. The number of ether oxygens (including phenoxy) is 3. The number of halogens is 2. The first-order valence-electron chi connectivity index (χ1n) is 7.56. The minimum Gasteiger partial charge on any atom is -0.479 e. The lowest BCUT2D eigenvalue weighted by Crippen LogP contribution is -2.06. The third-order valence-corrected chi connectivity index (χ3v) is 3.15. The van der Waals surface area contributed by atoms with Crippen LogP contribution in [-0.2, 0) is 16.1 Å². The van der Waals surface area contributed by atoms with Crippen LogP contribution in [0.15, 0.2) is 54.6 Å². The molecule has 0 aliphatic rings. The van der Waals surface area contributed by atoms with E-state index >= 15 is 0 Å². The lowest BCUT2D eigenvalue weighted by Gasteiger charge is -2.10. The van der Waals surface area contributed by atoms with Gasteiger partial charge in [-0.1, -0.05) is 30.3 Å². The second-order valence-electron chi connectivity index (χ2n) is 4.94. The minimum absolute atomic E-state index is 0.0350. The van der Waals surface area contributed by atoms with Gasteiger partial charge in [0.2, 0.25) is 0 Å². The Hall–Kier alpha value is -3.40. The summed E-state index contributed by atoms with van der Waals surface area (Å²) in [6, 6.07) is 14.7. The van der Waals surface area contributed by atoms with Crippen LogP contribution in [0.5, 0.6) is 11.5 Å². The highest BCUT2D eigenvalue weighted by molar-refractivity contribution is 5.87. The molecule has 0 N–H and O–H groups in total. The van der Waals surface area contributed by atoms with E-state index in [-0.39, 0.29) is 19.0 Å². The number of nitrogens with zero attached hydrogens (tertiary/aromatic N) is 1. The van der Waals surface area contributed by atoms with Gasteiger partial charge in [0, 0.05) is 11.6 Å². The molecule has 0 radical (unpaired) electrons. The van der Waals surface area contributed by atoms with Gasteiger partial charge >= 0.3 is 12.6 Å². The van der Waals surface area contributed by atoms with Gasteiger partial charge in [-0.15, -0.1) is 0 Å². The molecule has 0 atom stereocenters. The Bertz CT molecular complexity index is 798. The van der Waals surface area contributed by atoms with Gasteiger partial charge in [-0.2, -0.15) is 14.0 Å². The van der Waals surface area contributed by atoms with E-state index in [2.05, 4.69) is 4.74 Å². The van der Waals surface area contributed by atoms with Crippen molar-refractivity contribution in [1.29, 1.82) is 5.26 Å². The maximum Gasteiger partial charge on any atom is 0.387 e. The van der Waals surface area contributed by atoms with E-state index in [9.17, 15) is 13.6 Å². The Morgan fingerprint density at radius 3 is 2.58 bits per heavy atom. The lowest BCUT2D eigenvalue weighted by atomic mass is 10.2. The number of esters is 1. The zero-order valence-electron chi connectivity index (χ0n) is 13.6. The van der Waals surface area contributed by atoms with Gasteiger partial charge in [0.05, 0.1) is 0 Å². The number of benzene rings is 2. The molecule has 26 heavy (non-hydrogen) atoms. The highest BCUT2D eigenvalue weighted by Gasteiger charge is 2.10. The van der Waals surface area contributed by atoms with Gasteiger partial charge in [-0.25, -0.2) is 4.79 Å². The van der Waals surface area contributed by atoms with Crippen molar-refractivity contribution in [3.8, 4) is 17.6 Å². The summed E-state index contributed by atoms with van der Waals surface area (Å²) in [6.07, 6.45) is 2.76. The molecule has 0 saturated carbocycles. The summed E-state index contributed by atoms with van der Waals surface area (Å²) in [6.45, 7) is -3.18. The van der Waals surface area contributed by atoms with Crippen molar-refractivity contribution in [1.82, 2.24) is 0 Å². The molecule has 0 aliphatic carbocycles. The number of alkyl halides is 2. The summed E-state index contributed by atoms with van der Waals surface area (Å²) in [7, 11) is 0. The highest BCUT2D eigenvalue weighted by atomic mass is 19.3. The number of hydrogen-bond donors (Lipinski definition) is 0. The monoisotopic (exact) mass is 359 g/mol. The molecule has 2 rings (SSSR count). The van der Waals surface area contributed by atoms with E-state index in [1.165, 1.54) is 24.3 Å². The first-order valence-corrected chi connectivity index (χ1v) is 7.56. The number of carbonyl (C=O) groups excluding carboxylic acids is 1. The molecule has 2 aromatic carbocycles. The van der Waals surface area contributed by atoms with Crippen LogP contribution in [0, 0.1) is 11.3 Å². The minimum atomic E-state index is -2.95. The molecule has 7 heteroatoms. The number of hydrogen-bond acceptors (Lipinski definition) is 5. The smallest absolute Gasteiger partial charge is 0.387 e. The summed E-state index contributed by atoms with van der Waals surface area (Å²) in [5.41, 5.74) is 1.07. The fourth-order valence-corrected chi connectivity index (χ4v) is 1.99. The Morgan fingerprint density at radius 1 is 1.15 bits per heavy atom. The second kappa shape index (κ2) is 9.79. The molecule has 0 heterocycles. The molecule has 0 fully saturated rings. The molecule has 0 aromatic heterocycles. The van der Waals surface area contributed by atoms with Crippen LogP contribution in [-0.4, -0.2) is 19.2 Å². The molecular weight excluding hydrogens is 344 g/mol. The Balaban J connectivity index is 1.89. The van der Waals surface area contributed by atoms with Crippen LogP contribution in [0.1, 0.15) is 11.1 Å². The second-order valence-corrected chi connectivity index (χ2v) is 4.94. The standard InChI is InChI=1S/C19H15F2NO4/c20-19(21)26-17-4-2-1-3-15(17)13-25-18(23)10-7-14-5-8-16(9-6-14)24-12-11-22/h1-10,19H,12-13H2/b10-7+. The summed E-state index contributed by atoms with van der Waals surface area (Å²) >= 11 is 0. The molecule has 134 valence electrons. The third-order valence-electron chi connectivity index (χ3n) is 3.15. The number of rotatable bonds is 8. The fraction of sp³-hybridized carbons (Fsp3) is 0.158. The maximum atomic E-state index is 12.3. The van der Waals surface area contributed by atoms with Gasteiger partial charge in [0.1, 0.15) is 24.2 Å². The van der Waals surface area contributed by atoms with E-state index in [1.807, 2.05) is 6.07 Å². The number of para-hydroxylation sites is 1. The van der Waals surface area contributed by atoms with Gasteiger partial charge in [0.25, 0.3) is 0 Å². The Labute approximate surface area is 149 Å². The van der Waals surface area contributed by atoms with E-state index in [1.54, 1.807) is 36.4 Å². The van der Waals surface area contributed by atoms with Crippen molar-refractivity contribution < 1.29 is 27.8 Å². The zero-order valence-corrected chi connectivity index (χ0v) is 13.6. The van der Waals surface area contributed by atoms with Crippen LogP contribution in [0.25, 0.3) is 6.08 Å². The topological polar surface area (TPSA) is 68.5 Å². The third kappa shape index (κ3) is 6.24. The van der Waals surface area contributed by atoms with Crippen molar-refractivity contribution in [2.24, 2.45) is 0 Å². The van der Waals surface area contributed by atoms with Crippen molar-refractivity contribution in [2.75, 3.05) is 6.61 Å². The van der Waals surface area contributed by atoms with E-state index in [0.717, 1.165) is 5.56 Å². The van der Waals surface area contributed by atoms with Crippen molar-refractivity contribution in [2.45, 2.75) is 13.2 Å². The highest BCUT2D eigenvalue weighted by Crippen LogP contribution is 2.21. The van der Waals surface area contributed by atoms with Crippen LogP contribution in [0.3, 0.4) is 0 Å². The first kappa shape index (κ1) is 18.9. The molecule has 0 saturated heterocycles. The molecule has 0 aliphatic heterocycles. The average molecular weight is 359 g/mol. The zero-order chi connectivity index (χ0) is 18.8. The summed E-state index contributed by atoms with van der Waals surface area (Å²) in [4.78, 5) is 11.8. The predicted octanol–water partition coefficient (Wildman–Crippen LogP) is 3.95. The van der Waals surface area contributed by atoms with Crippen LogP contribution in [0.2, 0.25) is 0 Å². The SMILES string of the molecule is N#CCOc1ccc(/C=C/C(=O)OCc2ccccc2OC(F)F)cc1. The predicted molar refractivity (Wildman–Crippen MR) is 89.5 cm³/mol. The Morgan fingerprint density at radius 2 is 1.88 bits per heavy atom. The fourth-order valence-electron chi connectivity index (χ4n) is 1.99. The maximum absolute atomic E-state index is 12.3. The average Bonchev–Trinajstić information content (AvgIpc) is 2.64. The number of nitriles is 1. The molecular formula is C19H15F2NO4. The van der Waals surface area contributed by atoms with Crippen LogP contribution in [0.4, 0.5) is 8.78 Å². The molecule has 5 nitrogen and oxygen atoms in total. The normalized spacial score (nSPS) is 10.5. The van der Waals surface area contributed by atoms with Crippen molar-refractivity contribution in [3.05, 3.63) is 65.7 Å². The Kier molecular flexibility index (Phi) is 7.13. The molecule has 2 aromatic rings. The summed E-state index contributed by atoms with van der Waals surface area (Å²) in [5.74, 6) is -0.115. The van der Waals surface area contributed by atoms with Gasteiger partial charge < -0.3 is 14.2 Å². The quantitative estimate of drug-likeness (QED) is 0.527. The van der Waals surface area contributed by atoms with Crippen molar-refractivity contribution >= 4 is 12.0 Å². The summed E-state index contributed by atoms with van der Waals surface area (Å²) < 4.78 is 39.2. The van der Waals surface area contributed by atoms with Crippen molar-refractivity contribution in [3.63, 3.8) is 0 Å². The number of carbonyl (C=O) groups is 1. The van der Waals surface area contributed by atoms with E-state index in [0.29, 0.717) is 11.3 Å². The molecule has 0 spiro atoms. The van der Waals surface area contributed by atoms with Crippen LogP contribution < -0.4 is 9.47 Å². The van der Waals surface area contributed by atoms with Crippen LogP contribution >= 0.6 is 0 Å². The van der Waals surface area contributed by atoms with E-state index < -0.39 is 12.6 Å². The van der Waals surface area contributed by atoms with E-state index in [4.69, 9.17) is 14.7 Å². The van der Waals surface area contributed by atoms with Gasteiger partial charge in [0.15, 0.2) is 6.61 Å². The summed E-state index contributed by atoms with van der Waals surface area (Å²) in [5, 5.41) is 8.44. The first-order chi connectivity index (χ1) is 12.6. The largest absolute Gasteiger partial charge is 0.479 e. The lowest BCUT2D eigenvalue weighted by molar-refractivity contribution is -0.139. The van der Waals surface area contributed by atoms with Gasteiger partial charge in [-0.3, -0.25) is 0 Å². The molecule has 0 unspecified atom stereocenters. The molecule has 0 bridgehead atoms. The van der Waals surface area contributed by atoms with Gasteiger partial charge in [-0.05, 0) is 29.8 Å².